The number of hydrogen-bond donors (Lipinski definition) is 2. The van der Waals surface area contributed by atoms with E-state index < -0.39 is 0 Å². The zero-order chi connectivity index (χ0) is 13.2. The van der Waals surface area contributed by atoms with Gasteiger partial charge in [0, 0.05) is 16.9 Å². The molecule has 94 valence electrons. The van der Waals surface area contributed by atoms with Gasteiger partial charge in [0.1, 0.15) is 12.1 Å². The van der Waals surface area contributed by atoms with Crippen LogP contribution in [0.2, 0.25) is 0 Å². The number of anilines is 3. The Bertz CT molecular complexity index is 739. The number of halogens is 1. The Balaban J connectivity index is 2.09. The van der Waals surface area contributed by atoms with Crippen LogP contribution in [0.3, 0.4) is 0 Å². The molecule has 3 N–H and O–H groups in total. The van der Waals surface area contributed by atoms with E-state index in [9.17, 15) is 0 Å². The summed E-state index contributed by atoms with van der Waals surface area (Å²) in [5.74, 6) is 0.683. The monoisotopic (exact) mass is 315 g/mol. The molecule has 1 aromatic carbocycles. The van der Waals surface area contributed by atoms with Gasteiger partial charge in [0.15, 0.2) is 0 Å². The summed E-state index contributed by atoms with van der Waals surface area (Å²) in [7, 11) is 0. The van der Waals surface area contributed by atoms with E-state index in [0.717, 1.165) is 21.1 Å². The van der Waals surface area contributed by atoms with E-state index in [-0.39, 0.29) is 0 Å². The van der Waals surface area contributed by atoms with Gasteiger partial charge in [0.25, 0.3) is 0 Å². The van der Waals surface area contributed by atoms with Crippen molar-refractivity contribution in [3.8, 4) is 0 Å². The predicted octanol–water partition coefficient (Wildman–Crippen LogP) is 3.11. The molecule has 0 saturated carbocycles. The van der Waals surface area contributed by atoms with Gasteiger partial charge in [-0.05, 0) is 34.1 Å². The van der Waals surface area contributed by atoms with Crippen molar-refractivity contribution in [3.05, 3.63) is 47.5 Å². The Morgan fingerprint density at radius 2 is 2.05 bits per heavy atom. The number of para-hydroxylation sites is 1. The highest BCUT2D eigenvalue weighted by Gasteiger charge is 2.07. The third kappa shape index (κ3) is 2.22. The second-order valence-corrected chi connectivity index (χ2v) is 4.80. The molecule has 5 nitrogen and oxygen atoms in total. The van der Waals surface area contributed by atoms with Crippen molar-refractivity contribution in [1.29, 1.82) is 0 Å². The number of aromatic nitrogens is 3. The maximum atomic E-state index is 6.01. The van der Waals surface area contributed by atoms with Crippen molar-refractivity contribution in [2.45, 2.75) is 0 Å². The number of hydrogen-bond acceptors (Lipinski definition) is 5. The van der Waals surface area contributed by atoms with Gasteiger partial charge in [-0.3, -0.25) is 4.98 Å². The molecule has 0 amide bonds. The predicted molar refractivity (Wildman–Crippen MR) is 79.2 cm³/mol. The second kappa shape index (κ2) is 4.81. The molecule has 0 atom stereocenters. The van der Waals surface area contributed by atoms with Crippen LogP contribution in [0.4, 0.5) is 17.2 Å². The molecular weight excluding hydrogens is 306 g/mol. The molecule has 0 fully saturated rings. The van der Waals surface area contributed by atoms with E-state index in [0.29, 0.717) is 11.5 Å². The van der Waals surface area contributed by atoms with Crippen molar-refractivity contribution in [2.75, 3.05) is 11.1 Å². The molecule has 0 radical (unpaired) electrons. The largest absolute Gasteiger partial charge is 0.396 e. The number of rotatable bonds is 2. The number of pyridine rings is 1. The number of nitrogen functional groups attached to an aromatic ring is 1. The van der Waals surface area contributed by atoms with E-state index in [1.54, 1.807) is 12.4 Å². The molecule has 0 spiro atoms. The fourth-order valence-corrected chi connectivity index (χ4v) is 2.14. The molecule has 0 aliphatic heterocycles. The van der Waals surface area contributed by atoms with Gasteiger partial charge >= 0.3 is 0 Å². The SMILES string of the molecule is Nc1c(Br)cccc1Nc1ncnc2ccncc12. The normalized spacial score (nSPS) is 10.6. The van der Waals surface area contributed by atoms with Gasteiger partial charge in [-0.2, -0.15) is 0 Å². The number of nitrogens with two attached hydrogens (primary N) is 1. The first kappa shape index (κ1) is 11.9. The van der Waals surface area contributed by atoms with E-state index in [2.05, 4.69) is 36.2 Å². The van der Waals surface area contributed by atoms with Crippen LogP contribution in [0.15, 0.2) is 47.5 Å². The van der Waals surface area contributed by atoms with Crippen molar-refractivity contribution in [3.63, 3.8) is 0 Å². The Labute approximate surface area is 118 Å². The van der Waals surface area contributed by atoms with Crippen molar-refractivity contribution in [2.24, 2.45) is 0 Å². The number of fused-ring (bicyclic) bond motifs is 1. The fourth-order valence-electron chi connectivity index (χ4n) is 1.77. The lowest BCUT2D eigenvalue weighted by Crippen LogP contribution is -2.00. The minimum atomic E-state index is 0.637. The van der Waals surface area contributed by atoms with Crippen LogP contribution >= 0.6 is 15.9 Å². The Morgan fingerprint density at radius 3 is 2.95 bits per heavy atom. The summed E-state index contributed by atoms with van der Waals surface area (Å²) in [5.41, 5.74) is 8.27. The quantitative estimate of drug-likeness (QED) is 0.710. The smallest absolute Gasteiger partial charge is 0.143 e. The molecule has 0 unspecified atom stereocenters. The molecule has 3 rings (SSSR count). The number of nitrogens with zero attached hydrogens (tertiary/aromatic N) is 3. The summed E-state index contributed by atoms with van der Waals surface area (Å²) >= 11 is 3.40. The molecule has 6 heteroatoms. The highest BCUT2D eigenvalue weighted by molar-refractivity contribution is 9.10. The van der Waals surface area contributed by atoms with Crippen LogP contribution in [-0.2, 0) is 0 Å². The molecule has 19 heavy (non-hydrogen) atoms. The van der Waals surface area contributed by atoms with Crippen molar-refractivity contribution >= 4 is 44.0 Å². The summed E-state index contributed by atoms with van der Waals surface area (Å²) in [6, 6.07) is 7.53. The molecule has 2 heterocycles. The van der Waals surface area contributed by atoms with E-state index in [4.69, 9.17) is 5.73 Å². The number of benzene rings is 1. The van der Waals surface area contributed by atoms with Gasteiger partial charge in [0.05, 0.1) is 22.3 Å². The zero-order valence-electron chi connectivity index (χ0n) is 9.84. The molecule has 2 aromatic heterocycles. The maximum Gasteiger partial charge on any atom is 0.143 e. The summed E-state index contributed by atoms with van der Waals surface area (Å²) in [6.45, 7) is 0. The summed E-state index contributed by atoms with van der Waals surface area (Å²) < 4.78 is 0.842. The standard InChI is InChI=1S/C13H10BrN5/c14-9-2-1-3-11(12(9)15)19-13-8-6-16-5-4-10(8)17-7-18-13/h1-7H,15H2,(H,17,18,19). The van der Waals surface area contributed by atoms with E-state index in [1.165, 1.54) is 6.33 Å². The average molecular weight is 316 g/mol. The Kier molecular flexibility index (Phi) is 3.00. The zero-order valence-corrected chi connectivity index (χ0v) is 11.4. The average Bonchev–Trinajstić information content (AvgIpc) is 2.44. The lowest BCUT2D eigenvalue weighted by Gasteiger charge is -2.11. The van der Waals surface area contributed by atoms with Gasteiger partial charge < -0.3 is 11.1 Å². The van der Waals surface area contributed by atoms with E-state index in [1.807, 2.05) is 24.3 Å². The lowest BCUT2D eigenvalue weighted by molar-refractivity contribution is 1.20. The van der Waals surface area contributed by atoms with Crippen LogP contribution < -0.4 is 11.1 Å². The van der Waals surface area contributed by atoms with Gasteiger partial charge in [-0.15, -0.1) is 0 Å². The first-order valence-corrected chi connectivity index (χ1v) is 6.41. The maximum absolute atomic E-state index is 6.01. The summed E-state index contributed by atoms with van der Waals surface area (Å²) in [5, 5.41) is 4.06. The molecule has 0 saturated heterocycles. The molecular formula is C13H10BrN5. The van der Waals surface area contributed by atoms with E-state index >= 15 is 0 Å². The van der Waals surface area contributed by atoms with Crippen LogP contribution in [-0.4, -0.2) is 15.0 Å². The molecule has 0 bridgehead atoms. The van der Waals surface area contributed by atoms with Gasteiger partial charge in [-0.1, -0.05) is 6.07 Å². The number of nitrogens with one attached hydrogen (secondary N) is 1. The molecule has 3 aromatic rings. The Hall–Kier alpha value is -2.21. The summed E-state index contributed by atoms with van der Waals surface area (Å²) in [6.07, 6.45) is 4.94. The highest BCUT2D eigenvalue weighted by atomic mass is 79.9. The minimum absolute atomic E-state index is 0.637. The van der Waals surface area contributed by atoms with Gasteiger partial charge in [-0.25, -0.2) is 9.97 Å². The highest BCUT2D eigenvalue weighted by Crippen LogP contribution is 2.30. The molecule has 0 aliphatic rings. The first-order chi connectivity index (χ1) is 9.25. The van der Waals surface area contributed by atoms with Crippen LogP contribution in [0.5, 0.6) is 0 Å². The lowest BCUT2D eigenvalue weighted by atomic mass is 10.2. The second-order valence-electron chi connectivity index (χ2n) is 3.94. The van der Waals surface area contributed by atoms with Crippen molar-refractivity contribution in [1.82, 2.24) is 15.0 Å². The van der Waals surface area contributed by atoms with Gasteiger partial charge in [0.2, 0.25) is 0 Å². The fraction of sp³-hybridized carbons (Fsp3) is 0. The third-order valence-electron chi connectivity index (χ3n) is 2.74. The van der Waals surface area contributed by atoms with Crippen molar-refractivity contribution < 1.29 is 0 Å². The minimum Gasteiger partial charge on any atom is -0.396 e. The van der Waals surface area contributed by atoms with Crippen LogP contribution in [0, 0.1) is 0 Å². The topological polar surface area (TPSA) is 76.7 Å². The summed E-state index contributed by atoms with van der Waals surface area (Å²) in [4.78, 5) is 12.5. The third-order valence-corrected chi connectivity index (χ3v) is 3.43. The van der Waals surface area contributed by atoms with Crippen LogP contribution in [0.1, 0.15) is 0 Å². The molecule has 0 aliphatic carbocycles. The Morgan fingerprint density at radius 1 is 1.16 bits per heavy atom. The first-order valence-electron chi connectivity index (χ1n) is 5.61. The van der Waals surface area contributed by atoms with Crippen LogP contribution in [0.25, 0.3) is 10.9 Å².